The quantitative estimate of drug-likeness (QED) is 0.506. The van der Waals surface area contributed by atoms with E-state index in [1.807, 2.05) is 6.07 Å². The third kappa shape index (κ3) is 4.23. The molecule has 4 aromatic rings. The van der Waals surface area contributed by atoms with Crippen molar-refractivity contribution in [2.45, 2.75) is 13.0 Å². The number of halogens is 1. The summed E-state index contributed by atoms with van der Waals surface area (Å²) in [5.41, 5.74) is 1.65. The molecule has 1 aliphatic rings. The minimum atomic E-state index is -0.279. The van der Waals surface area contributed by atoms with E-state index in [1.165, 1.54) is 6.07 Å². The molecule has 1 unspecified atom stereocenters. The molecule has 5 rings (SSSR count). The van der Waals surface area contributed by atoms with Gasteiger partial charge >= 0.3 is 0 Å². The lowest BCUT2D eigenvalue weighted by Gasteiger charge is -2.15. The van der Waals surface area contributed by atoms with Crippen molar-refractivity contribution < 1.29 is 9.18 Å². The Labute approximate surface area is 189 Å². The number of rotatable bonds is 5. The SMILES string of the molecule is N#CC1CCN(C(=O)c2cccc(Nc3cc4c(cn3)cnn4Cc3ccccc3F)n2)C1. The Morgan fingerprint density at radius 2 is 2.06 bits per heavy atom. The number of nitrogens with zero attached hydrogens (tertiary/aromatic N) is 6. The number of aromatic nitrogens is 4. The molecule has 0 radical (unpaired) electrons. The first-order valence-electron chi connectivity index (χ1n) is 10.6. The number of nitriles is 1. The fraction of sp³-hybridized carbons (Fsp3) is 0.208. The normalized spacial score (nSPS) is 15.5. The number of nitrogens with one attached hydrogen (secondary N) is 1. The molecule has 1 saturated heterocycles. The highest BCUT2D eigenvalue weighted by Crippen LogP contribution is 2.22. The Morgan fingerprint density at radius 3 is 2.88 bits per heavy atom. The molecular formula is C24H20FN7O. The average Bonchev–Trinajstić information content (AvgIpc) is 3.47. The van der Waals surface area contributed by atoms with E-state index in [2.05, 4.69) is 26.5 Å². The van der Waals surface area contributed by atoms with E-state index in [9.17, 15) is 9.18 Å². The van der Waals surface area contributed by atoms with Crippen LogP contribution in [0.15, 0.2) is 60.9 Å². The van der Waals surface area contributed by atoms with Crippen molar-refractivity contribution in [2.24, 2.45) is 5.92 Å². The molecule has 1 aromatic carbocycles. The number of anilines is 2. The zero-order chi connectivity index (χ0) is 22.8. The van der Waals surface area contributed by atoms with Crippen LogP contribution in [0.5, 0.6) is 0 Å². The van der Waals surface area contributed by atoms with Crippen molar-refractivity contribution in [3.8, 4) is 6.07 Å². The third-order valence-electron chi connectivity index (χ3n) is 5.69. The monoisotopic (exact) mass is 441 g/mol. The summed E-state index contributed by atoms with van der Waals surface area (Å²) in [5, 5.41) is 17.4. The molecule has 3 aromatic heterocycles. The van der Waals surface area contributed by atoms with Crippen LogP contribution in [0.3, 0.4) is 0 Å². The Balaban J connectivity index is 1.36. The first-order valence-corrected chi connectivity index (χ1v) is 10.6. The van der Waals surface area contributed by atoms with Gasteiger partial charge in [0, 0.05) is 36.3 Å². The number of hydrogen-bond donors (Lipinski definition) is 1. The van der Waals surface area contributed by atoms with E-state index in [0.29, 0.717) is 48.9 Å². The van der Waals surface area contributed by atoms with E-state index in [-0.39, 0.29) is 17.6 Å². The summed E-state index contributed by atoms with van der Waals surface area (Å²) in [5.74, 6) is 0.408. The van der Waals surface area contributed by atoms with Crippen molar-refractivity contribution in [1.82, 2.24) is 24.6 Å². The fourth-order valence-corrected chi connectivity index (χ4v) is 3.92. The first-order chi connectivity index (χ1) is 16.1. The molecule has 0 saturated carbocycles. The van der Waals surface area contributed by atoms with Gasteiger partial charge in [-0.1, -0.05) is 24.3 Å². The number of carbonyl (C=O) groups is 1. The van der Waals surface area contributed by atoms with Gasteiger partial charge in [0.05, 0.1) is 30.2 Å². The average molecular weight is 441 g/mol. The van der Waals surface area contributed by atoms with Gasteiger partial charge in [-0.25, -0.2) is 14.4 Å². The Kier molecular flexibility index (Phi) is 5.40. The van der Waals surface area contributed by atoms with Crippen molar-refractivity contribution in [3.63, 3.8) is 0 Å². The van der Waals surface area contributed by atoms with E-state index < -0.39 is 0 Å². The summed E-state index contributed by atoms with van der Waals surface area (Å²) in [6.45, 7) is 1.28. The number of fused-ring (bicyclic) bond motifs is 1. The van der Waals surface area contributed by atoms with Crippen molar-refractivity contribution in [1.29, 1.82) is 5.26 Å². The number of carbonyl (C=O) groups excluding carboxylic acids is 1. The zero-order valence-corrected chi connectivity index (χ0v) is 17.6. The van der Waals surface area contributed by atoms with Gasteiger partial charge in [-0.2, -0.15) is 10.4 Å². The Hall–Kier alpha value is -4.32. The number of hydrogen-bond acceptors (Lipinski definition) is 6. The van der Waals surface area contributed by atoms with Crippen LogP contribution in [-0.2, 0) is 6.54 Å². The van der Waals surface area contributed by atoms with Gasteiger partial charge in [0.25, 0.3) is 5.91 Å². The van der Waals surface area contributed by atoms with E-state index in [1.54, 1.807) is 58.4 Å². The molecular weight excluding hydrogens is 421 g/mol. The van der Waals surface area contributed by atoms with E-state index in [0.717, 1.165) is 10.9 Å². The molecule has 33 heavy (non-hydrogen) atoms. The van der Waals surface area contributed by atoms with Gasteiger partial charge in [-0.15, -0.1) is 0 Å². The van der Waals surface area contributed by atoms with Gasteiger partial charge in [0.1, 0.15) is 23.1 Å². The van der Waals surface area contributed by atoms with Crippen molar-refractivity contribution >= 4 is 28.4 Å². The lowest BCUT2D eigenvalue weighted by atomic mass is 10.1. The lowest BCUT2D eigenvalue weighted by molar-refractivity contribution is 0.0784. The summed E-state index contributed by atoms with van der Waals surface area (Å²) in [4.78, 5) is 23.3. The van der Waals surface area contributed by atoms with E-state index in [4.69, 9.17) is 5.26 Å². The maximum absolute atomic E-state index is 14.1. The standard InChI is InChI=1S/C24H20FN7O/c25-19-5-2-1-4-17(19)15-32-21-10-23(27-12-18(21)13-28-32)30-22-7-3-6-20(29-22)24(33)31-9-8-16(11-26)14-31/h1-7,10,12-13,16H,8-9,14-15H2,(H,27,29,30). The van der Waals surface area contributed by atoms with Crippen LogP contribution in [0.1, 0.15) is 22.5 Å². The van der Waals surface area contributed by atoms with Gasteiger partial charge in [0.15, 0.2) is 0 Å². The largest absolute Gasteiger partial charge is 0.336 e. The smallest absolute Gasteiger partial charge is 0.272 e. The summed E-state index contributed by atoms with van der Waals surface area (Å²) < 4.78 is 15.8. The molecule has 8 nitrogen and oxygen atoms in total. The molecule has 4 heterocycles. The van der Waals surface area contributed by atoms with Crippen LogP contribution in [0, 0.1) is 23.1 Å². The van der Waals surface area contributed by atoms with E-state index >= 15 is 0 Å². The highest BCUT2D eigenvalue weighted by atomic mass is 19.1. The molecule has 9 heteroatoms. The lowest BCUT2D eigenvalue weighted by Crippen LogP contribution is -2.29. The number of benzene rings is 1. The topological polar surface area (TPSA) is 99.7 Å². The van der Waals surface area contributed by atoms with Crippen molar-refractivity contribution in [2.75, 3.05) is 18.4 Å². The second kappa shape index (κ2) is 8.67. The molecule has 1 aliphatic heterocycles. The molecule has 0 bridgehead atoms. The summed E-state index contributed by atoms with van der Waals surface area (Å²) >= 11 is 0. The molecule has 0 spiro atoms. The second-order valence-electron chi connectivity index (χ2n) is 7.92. The fourth-order valence-electron chi connectivity index (χ4n) is 3.92. The van der Waals surface area contributed by atoms with Gasteiger partial charge < -0.3 is 10.2 Å². The molecule has 1 N–H and O–H groups in total. The number of likely N-dealkylation sites (tertiary alicyclic amines) is 1. The van der Waals surface area contributed by atoms with Crippen LogP contribution >= 0.6 is 0 Å². The van der Waals surface area contributed by atoms with Crippen LogP contribution in [-0.4, -0.2) is 43.6 Å². The van der Waals surface area contributed by atoms with Crippen LogP contribution in [0.2, 0.25) is 0 Å². The van der Waals surface area contributed by atoms with Crippen LogP contribution in [0.4, 0.5) is 16.0 Å². The zero-order valence-electron chi connectivity index (χ0n) is 17.6. The summed E-state index contributed by atoms with van der Waals surface area (Å²) in [6.07, 6.45) is 4.06. The van der Waals surface area contributed by atoms with Gasteiger partial charge in [0.2, 0.25) is 0 Å². The molecule has 1 atom stereocenters. The van der Waals surface area contributed by atoms with Crippen molar-refractivity contribution in [3.05, 3.63) is 78.0 Å². The maximum Gasteiger partial charge on any atom is 0.272 e. The maximum atomic E-state index is 14.1. The first kappa shape index (κ1) is 20.6. The second-order valence-corrected chi connectivity index (χ2v) is 7.92. The highest BCUT2D eigenvalue weighted by Gasteiger charge is 2.27. The van der Waals surface area contributed by atoms with Crippen LogP contribution in [0.25, 0.3) is 10.9 Å². The Bertz CT molecular complexity index is 1380. The molecule has 164 valence electrons. The number of amides is 1. The third-order valence-corrected chi connectivity index (χ3v) is 5.69. The van der Waals surface area contributed by atoms with Crippen LogP contribution < -0.4 is 5.32 Å². The molecule has 0 aliphatic carbocycles. The predicted octanol–water partition coefficient (Wildman–Crippen LogP) is 3.74. The number of pyridine rings is 2. The summed E-state index contributed by atoms with van der Waals surface area (Å²) in [6, 6.07) is 15.8. The van der Waals surface area contributed by atoms with Gasteiger partial charge in [-0.05, 0) is 24.6 Å². The Morgan fingerprint density at radius 1 is 1.18 bits per heavy atom. The molecule has 1 fully saturated rings. The minimum Gasteiger partial charge on any atom is -0.336 e. The summed E-state index contributed by atoms with van der Waals surface area (Å²) in [7, 11) is 0. The highest BCUT2D eigenvalue weighted by molar-refractivity contribution is 5.93. The minimum absolute atomic E-state index is 0.125. The molecule has 1 amide bonds. The predicted molar refractivity (Wildman–Crippen MR) is 120 cm³/mol. The van der Waals surface area contributed by atoms with Gasteiger partial charge in [-0.3, -0.25) is 9.48 Å².